The first-order valence-corrected chi connectivity index (χ1v) is 31.0. The molecule has 0 aromatic carbocycles. The number of unbranched alkanes of at least 4 members (excludes halogenated alkanes) is 47. The summed E-state index contributed by atoms with van der Waals surface area (Å²) in [6, 6.07) is 0. The number of hydrogen-bond donors (Lipinski definition) is 0. The molecule has 68 heavy (non-hydrogen) atoms. The van der Waals surface area contributed by atoms with Gasteiger partial charge in [0.1, 0.15) is 13.2 Å². The van der Waals surface area contributed by atoms with Gasteiger partial charge in [-0.05, 0) is 19.3 Å². The molecule has 1 unspecified atom stereocenters. The van der Waals surface area contributed by atoms with Crippen molar-refractivity contribution in [2.45, 2.75) is 367 Å². The molecule has 0 N–H and O–H groups in total. The third kappa shape index (κ3) is 55.3. The molecule has 0 heterocycles. The van der Waals surface area contributed by atoms with E-state index in [-0.39, 0.29) is 31.1 Å². The highest BCUT2D eigenvalue weighted by molar-refractivity contribution is 5.71. The van der Waals surface area contributed by atoms with E-state index >= 15 is 0 Å². The second-order valence-corrected chi connectivity index (χ2v) is 21.3. The first-order valence-electron chi connectivity index (χ1n) is 31.0. The third-order valence-electron chi connectivity index (χ3n) is 14.4. The highest BCUT2D eigenvalue weighted by Crippen LogP contribution is 2.18. The molecule has 0 aliphatic carbocycles. The fraction of sp³-hybridized carbons (Fsp3) is 0.952. The predicted molar refractivity (Wildman–Crippen MR) is 294 cm³/mol. The van der Waals surface area contributed by atoms with Crippen LogP contribution in [0.2, 0.25) is 0 Å². The highest BCUT2D eigenvalue weighted by atomic mass is 16.6. The van der Waals surface area contributed by atoms with Gasteiger partial charge >= 0.3 is 17.9 Å². The third-order valence-corrected chi connectivity index (χ3v) is 14.4. The molecular formula is C62H120O6. The molecule has 0 aliphatic rings. The summed E-state index contributed by atoms with van der Waals surface area (Å²) in [5, 5.41) is 0. The Morgan fingerprint density at radius 3 is 0.588 bits per heavy atom. The van der Waals surface area contributed by atoms with Crippen molar-refractivity contribution in [3.63, 3.8) is 0 Å². The van der Waals surface area contributed by atoms with E-state index in [0.717, 1.165) is 57.8 Å². The Morgan fingerprint density at radius 1 is 0.235 bits per heavy atom. The molecule has 0 amide bonds. The Kier molecular flexibility index (Phi) is 56.6. The molecule has 0 aliphatic heterocycles. The van der Waals surface area contributed by atoms with E-state index in [1.165, 1.54) is 263 Å². The summed E-state index contributed by atoms with van der Waals surface area (Å²) in [7, 11) is 0. The number of carbonyl (C=O) groups excluding carboxylic acids is 3. The minimum atomic E-state index is -0.760. The van der Waals surface area contributed by atoms with Crippen LogP contribution in [0.25, 0.3) is 0 Å². The minimum absolute atomic E-state index is 0.0620. The van der Waals surface area contributed by atoms with Crippen molar-refractivity contribution < 1.29 is 28.6 Å². The van der Waals surface area contributed by atoms with E-state index in [1.807, 2.05) is 0 Å². The monoisotopic (exact) mass is 961 g/mol. The topological polar surface area (TPSA) is 78.9 Å². The molecule has 0 fully saturated rings. The van der Waals surface area contributed by atoms with E-state index in [2.05, 4.69) is 20.8 Å². The maximum atomic E-state index is 12.8. The Balaban J connectivity index is 4.02. The molecule has 0 spiro atoms. The Hall–Kier alpha value is -1.59. The van der Waals surface area contributed by atoms with Crippen molar-refractivity contribution in [3.05, 3.63) is 0 Å². The fourth-order valence-electron chi connectivity index (χ4n) is 9.68. The molecule has 1 atom stereocenters. The predicted octanol–water partition coefficient (Wildman–Crippen LogP) is 20.7. The maximum Gasteiger partial charge on any atom is 0.306 e. The summed E-state index contributed by atoms with van der Waals surface area (Å²) in [5.74, 6) is -0.842. The van der Waals surface area contributed by atoms with Gasteiger partial charge in [-0.15, -0.1) is 0 Å². The van der Waals surface area contributed by atoms with Crippen LogP contribution in [0.15, 0.2) is 0 Å². The summed E-state index contributed by atoms with van der Waals surface area (Å²) in [6.45, 7) is 6.66. The first kappa shape index (κ1) is 66.4. The van der Waals surface area contributed by atoms with Gasteiger partial charge in [-0.25, -0.2) is 0 Å². The minimum Gasteiger partial charge on any atom is -0.462 e. The lowest BCUT2D eigenvalue weighted by molar-refractivity contribution is -0.167. The van der Waals surface area contributed by atoms with Crippen LogP contribution >= 0.6 is 0 Å². The number of ether oxygens (including phenoxy) is 3. The molecule has 6 nitrogen and oxygen atoms in total. The van der Waals surface area contributed by atoms with Crippen molar-refractivity contribution in [1.29, 1.82) is 0 Å². The average molecular weight is 962 g/mol. The zero-order chi connectivity index (χ0) is 49.3. The van der Waals surface area contributed by atoms with Crippen LogP contribution in [0.1, 0.15) is 361 Å². The summed E-state index contributed by atoms with van der Waals surface area (Å²) >= 11 is 0. The molecule has 0 bridgehead atoms. The first-order chi connectivity index (χ1) is 33.5. The van der Waals surface area contributed by atoms with Crippen LogP contribution in [-0.2, 0) is 28.6 Å². The largest absolute Gasteiger partial charge is 0.462 e. The van der Waals surface area contributed by atoms with Gasteiger partial charge in [-0.1, -0.05) is 323 Å². The fourth-order valence-corrected chi connectivity index (χ4v) is 9.68. The molecule has 0 saturated carbocycles. The summed E-state index contributed by atoms with van der Waals surface area (Å²) < 4.78 is 16.8. The molecule has 0 aromatic rings. The molecule has 0 aromatic heterocycles. The van der Waals surface area contributed by atoms with Crippen LogP contribution in [0, 0.1) is 0 Å². The van der Waals surface area contributed by atoms with E-state index in [1.54, 1.807) is 0 Å². The van der Waals surface area contributed by atoms with Gasteiger partial charge in [0.05, 0.1) is 0 Å². The van der Waals surface area contributed by atoms with E-state index in [0.29, 0.717) is 19.3 Å². The Morgan fingerprint density at radius 2 is 0.397 bits per heavy atom. The van der Waals surface area contributed by atoms with E-state index < -0.39 is 6.10 Å². The lowest BCUT2D eigenvalue weighted by Gasteiger charge is -2.18. The summed E-state index contributed by atoms with van der Waals surface area (Å²) in [4.78, 5) is 37.9. The van der Waals surface area contributed by atoms with Crippen molar-refractivity contribution >= 4 is 17.9 Å². The lowest BCUT2D eigenvalue weighted by Crippen LogP contribution is -2.30. The smallest absolute Gasteiger partial charge is 0.306 e. The van der Waals surface area contributed by atoms with Gasteiger partial charge in [0.25, 0.3) is 0 Å². The molecule has 0 saturated heterocycles. The quantitative estimate of drug-likeness (QED) is 0.0343. The standard InChI is InChI=1S/C62H120O6/c1-4-7-10-13-16-18-20-22-24-26-28-30-31-33-34-36-38-40-42-44-46-49-52-55-61(64)67-58-59(57-66-60(63)54-51-48-15-12-9-6-3)68-62(65)56-53-50-47-45-43-41-39-37-35-32-29-27-25-23-21-19-17-14-11-8-5-2/h59H,4-58H2,1-3H3. The van der Waals surface area contributed by atoms with Gasteiger partial charge < -0.3 is 14.2 Å². The van der Waals surface area contributed by atoms with E-state index in [4.69, 9.17) is 14.2 Å². The van der Waals surface area contributed by atoms with E-state index in [9.17, 15) is 14.4 Å². The van der Waals surface area contributed by atoms with Crippen LogP contribution in [0.3, 0.4) is 0 Å². The van der Waals surface area contributed by atoms with Crippen molar-refractivity contribution in [1.82, 2.24) is 0 Å². The van der Waals surface area contributed by atoms with Gasteiger partial charge in [0, 0.05) is 19.3 Å². The SMILES string of the molecule is CCCCCCCCCCCCCCCCCCCCCCCCCC(=O)OCC(COC(=O)CCCCCCCC)OC(=O)CCCCCCCCCCCCCCCCCCCCCCC. The molecule has 404 valence electrons. The average Bonchev–Trinajstić information content (AvgIpc) is 3.34. The highest BCUT2D eigenvalue weighted by Gasteiger charge is 2.19. The van der Waals surface area contributed by atoms with Crippen molar-refractivity contribution in [2.24, 2.45) is 0 Å². The summed E-state index contributed by atoms with van der Waals surface area (Å²) in [6.07, 6.45) is 65.8. The second kappa shape index (κ2) is 58.0. The van der Waals surface area contributed by atoms with Gasteiger partial charge in [0.15, 0.2) is 6.10 Å². The second-order valence-electron chi connectivity index (χ2n) is 21.3. The maximum absolute atomic E-state index is 12.8. The number of hydrogen-bond acceptors (Lipinski definition) is 6. The van der Waals surface area contributed by atoms with Crippen LogP contribution in [-0.4, -0.2) is 37.2 Å². The normalized spacial score (nSPS) is 11.9. The molecule has 0 rings (SSSR count). The van der Waals surface area contributed by atoms with Gasteiger partial charge in [0.2, 0.25) is 0 Å². The van der Waals surface area contributed by atoms with Gasteiger partial charge in [-0.2, -0.15) is 0 Å². The number of carbonyl (C=O) groups is 3. The zero-order valence-electron chi connectivity index (χ0n) is 46.4. The summed E-state index contributed by atoms with van der Waals surface area (Å²) in [5.41, 5.74) is 0. The van der Waals surface area contributed by atoms with Gasteiger partial charge in [-0.3, -0.25) is 14.4 Å². The Bertz CT molecular complexity index is 1010. The zero-order valence-corrected chi connectivity index (χ0v) is 46.4. The van der Waals surface area contributed by atoms with Crippen LogP contribution in [0.4, 0.5) is 0 Å². The number of esters is 3. The van der Waals surface area contributed by atoms with Crippen molar-refractivity contribution in [2.75, 3.05) is 13.2 Å². The Labute approximate surface area is 425 Å². The molecule has 0 radical (unpaired) electrons. The lowest BCUT2D eigenvalue weighted by atomic mass is 10.0. The number of rotatable bonds is 58. The molecule has 6 heteroatoms. The molecular weight excluding hydrogens is 841 g/mol. The van der Waals surface area contributed by atoms with Crippen LogP contribution < -0.4 is 0 Å². The van der Waals surface area contributed by atoms with Crippen LogP contribution in [0.5, 0.6) is 0 Å². The van der Waals surface area contributed by atoms with Crippen molar-refractivity contribution in [3.8, 4) is 0 Å².